The second kappa shape index (κ2) is 10.5. The van der Waals surface area contributed by atoms with Gasteiger partial charge < -0.3 is 15.4 Å². The normalized spacial score (nSPS) is 28.2. The highest BCUT2D eigenvalue weighted by Gasteiger charge is 2.44. The number of nitrogens with two attached hydrogens (primary N) is 1. The number of amides is 1. The van der Waals surface area contributed by atoms with Crippen LogP contribution in [0.15, 0.2) is 12.1 Å². The Bertz CT molecular complexity index is 986. The molecule has 34 heavy (non-hydrogen) atoms. The molecule has 0 spiro atoms. The van der Waals surface area contributed by atoms with Crippen molar-refractivity contribution in [3.63, 3.8) is 0 Å². The first-order valence-corrected chi connectivity index (χ1v) is 14.0. The van der Waals surface area contributed by atoms with E-state index >= 15 is 0 Å². The molecule has 1 amide bonds. The van der Waals surface area contributed by atoms with E-state index in [2.05, 4.69) is 0 Å². The van der Waals surface area contributed by atoms with E-state index in [1.807, 2.05) is 4.90 Å². The Labute approximate surface area is 198 Å². The minimum atomic E-state index is -3.38. The SMILES string of the molecule is NC(Cc1cc(F)c(F)cc1F)C1CC2CCC(C1)N2C(=O)CCS(=O)(=O)CC1CCCCO1. The van der Waals surface area contributed by atoms with Crippen molar-refractivity contribution in [1.82, 2.24) is 4.90 Å². The first kappa shape index (κ1) is 25.4. The molecule has 3 aliphatic rings. The molecule has 3 aliphatic heterocycles. The molecule has 4 atom stereocenters. The number of fused-ring (bicyclic) bond motifs is 2. The molecule has 0 saturated carbocycles. The second-order valence-electron chi connectivity index (χ2n) is 10.00. The maximum atomic E-state index is 14.0. The Balaban J connectivity index is 1.31. The quantitative estimate of drug-likeness (QED) is 0.552. The van der Waals surface area contributed by atoms with Gasteiger partial charge in [-0.15, -0.1) is 0 Å². The summed E-state index contributed by atoms with van der Waals surface area (Å²) in [6, 6.07) is 0.895. The molecular formula is C24H33F3N2O4S. The molecule has 0 aliphatic carbocycles. The Morgan fingerprint density at radius 3 is 2.38 bits per heavy atom. The third-order valence-corrected chi connectivity index (χ3v) is 9.25. The number of benzene rings is 1. The lowest BCUT2D eigenvalue weighted by Crippen LogP contribution is -2.50. The Kier molecular flexibility index (Phi) is 7.89. The molecule has 3 heterocycles. The van der Waals surface area contributed by atoms with E-state index in [-0.39, 0.29) is 59.9 Å². The van der Waals surface area contributed by atoms with Gasteiger partial charge in [0, 0.05) is 37.2 Å². The van der Waals surface area contributed by atoms with Crippen molar-refractivity contribution in [2.75, 3.05) is 18.1 Å². The fourth-order valence-corrected chi connectivity index (χ4v) is 7.28. The van der Waals surface area contributed by atoms with Crippen molar-refractivity contribution < 1.29 is 31.1 Å². The van der Waals surface area contributed by atoms with E-state index in [9.17, 15) is 26.4 Å². The summed E-state index contributed by atoms with van der Waals surface area (Å²) in [6.07, 6.45) is 5.33. The van der Waals surface area contributed by atoms with E-state index in [1.165, 1.54) is 0 Å². The highest BCUT2D eigenvalue weighted by molar-refractivity contribution is 7.91. The molecule has 190 valence electrons. The molecule has 3 fully saturated rings. The lowest BCUT2D eigenvalue weighted by molar-refractivity contribution is -0.136. The van der Waals surface area contributed by atoms with E-state index < -0.39 is 33.3 Å². The summed E-state index contributed by atoms with van der Waals surface area (Å²) < 4.78 is 71.3. The molecule has 0 aromatic heterocycles. The van der Waals surface area contributed by atoms with Crippen molar-refractivity contribution in [2.24, 2.45) is 11.7 Å². The van der Waals surface area contributed by atoms with Crippen LogP contribution in [0.4, 0.5) is 13.2 Å². The maximum Gasteiger partial charge on any atom is 0.224 e. The molecule has 1 aromatic carbocycles. The topological polar surface area (TPSA) is 89.7 Å². The number of hydrogen-bond acceptors (Lipinski definition) is 5. The Morgan fingerprint density at radius 1 is 1.06 bits per heavy atom. The van der Waals surface area contributed by atoms with Gasteiger partial charge in [-0.2, -0.15) is 0 Å². The van der Waals surface area contributed by atoms with Crippen molar-refractivity contribution in [1.29, 1.82) is 0 Å². The molecule has 1 aromatic rings. The minimum absolute atomic E-state index is 0.0150. The van der Waals surface area contributed by atoms with Crippen LogP contribution >= 0.6 is 0 Å². The number of hydrogen-bond donors (Lipinski definition) is 1. The first-order chi connectivity index (χ1) is 16.1. The largest absolute Gasteiger partial charge is 0.377 e. The van der Waals surface area contributed by atoms with E-state index in [0.717, 1.165) is 38.2 Å². The van der Waals surface area contributed by atoms with Gasteiger partial charge in [0.25, 0.3) is 0 Å². The van der Waals surface area contributed by atoms with Crippen LogP contribution in [0.1, 0.15) is 56.9 Å². The lowest BCUT2D eigenvalue weighted by atomic mass is 9.82. The van der Waals surface area contributed by atoms with Crippen molar-refractivity contribution in [2.45, 2.75) is 82.0 Å². The first-order valence-electron chi connectivity index (χ1n) is 12.1. The molecular weight excluding hydrogens is 469 g/mol. The van der Waals surface area contributed by atoms with Crippen LogP contribution in [0.3, 0.4) is 0 Å². The van der Waals surface area contributed by atoms with Crippen molar-refractivity contribution in [3.8, 4) is 0 Å². The number of carbonyl (C=O) groups excluding carboxylic acids is 1. The standard InChI is InChI=1S/C24H33F3N2O4S/c25-20-13-22(27)21(26)11-15(20)12-23(28)16-9-17-4-5-18(10-16)29(17)24(30)6-8-34(31,32)14-19-3-1-2-7-33-19/h11,13,16-19,23H,1-10,12,14,28H2. The van der Waals surface area contributed by atoms with Crippen LogP contribution in [0.2, 0.25) is 0 Å². The van der Waals surface area contributed by atoms with Gasteiger partial charge in [-0.1, -0.05) is 0 Å². The molecule has 10 heteroatoms. The van der Waals surface area contributed by atoms with E-state index in [4.69, 9.17) is 10.5 Å². The average molecular weight is 503 g/mol. The Morgan fingerprint density at radius 2 is 1.74 bits per heavy atom. The predicted molar refractivity (Wildman–Crippen MR) is 121 cm³/mol. The molecule has 4 rings (SSSR count). The van der Waals surface area contributed by atoms with Crippen molar-refractivity contribution >= 4 is 15.7 Å². The minimum Gasteiger partial charge on any atom is -0.377 e. The number of carbonyl (C=O) groups is 1. The zero-order valence-corrected chi connectivity index (χ0v) is 20.0. The van der Waals surface area contributed by atoms with Crippen LogP contribution in [0.5, 0.6) is 0 Å². The van der Waals surface area contributed by atoms with Gasteiger partial charge in [0.2, 0.25) is 5.91 Å². The summed E-state index contributed by atoms with van der Waals surface area (Å²) in [5, 5.41) is 0. The molecule has 2 N–H and O–H groups in total. The molecule has 4 unspecified atom stereocenters. The third-order valence-electron chi connectivity index (χ3n) is 7.55. The number of halogens is 3. The van der Waals surface area contributed by atoms with Gasteiger partial charge in [-0.05, 0) is 68.9 Å². The van der Waals surface area contributed by atoms with E-state index in [0.29, 0.717) is 25.5 Å². The number of sulfone groups is 1. The number of rotatable bonds is 8. The van der Waals surface area contributed by atoms with Crippen LogP contribution in [0, 0.1) is 23.4 Å². The zero-order valence-electron chi connectivity index (χ0n) is 19.2. The highest BCUT2D eigenvalue weighted by atomic mass is 32.2. The molecule has 3 saturated heterocycles. The van der Waals surface area contributed by atoms with Gasteiger partial charge >= 0.3 is 0 Å². The number of piperidine rings is 1. The summed E-state index contributed by atoms with van der Waals surface area (Å²) in [5.41, 5.74) is 6.38. The smallest absolute Gasteiger partial charge is 0.224 e. The molecule has 0 radical (unpaired) electrons. The van der Waals surface area contributed by atoms with E-state index in [1.54, 1.807) is 0 Å². The number of ether oxygens (including phenoxy) is 1. The summed E-state index contributed by atoms with van der Waals surface area (Å²) in [7, 11) is -3.38. The summed E-state index contributed by atoms with van der Waals surface area (Å²) in [4.78, 5) is 14.8. The van der Waals surface area contributed by atoms with Crippen LogP contribution in [-0.4, -0.2) is 61.6 Å². The molecule has 6 nitrogen and oxygen atoms in total. The van der Waals surface area contributed by atoms with Crippen LogP contribution < -0.4 is 5.73 Å². The third kappa shape index (κ3) is 5.94. The summed E-state index contributed by atoms with van der Waals surface area (Å²) in [5.74, 6) is -3.50. The van der Waals surface area contributed by atoms with Gasteiger partial charge in [-0.3, -0.25) is 4.79 Å². The highest BCUT2D eigenvalue weighted by Crippen LogP contribution is 2.40. The molecule has 2 bridgehead atoms. The Hall–Kier alpha value is -1.65. The van der Waals surface area contributed by atoms with Gasteiger partial charge in [-0.25, -0.2) is 21.6 Å². The maximum absolute atomic E-state index is 14.0. The zero-order chi connectivity index (χ0) is 24.5. The lowest BCUT2D eigenvalue weighted by Gasteiger charge is -2.41. The monoisotopic (exact) mass is 502 g/mol. The summed E-state index contributed by atoms with van der Waals surface area (Å²) >= 11 is 0. The van der Waals surface area contributed by atoms with Gasteiger partial charge in [0.05, 0.1) is 17.6 Å². The fourth-order valence-electron chi connectivity index (χ4n) is 5.79. The fraction of sp³-hybridized carbons (Fsp3) is 0.708. The van der Waals surface area contributed by atoms with Gasteiger partial charge in [0.15, 0.2) is 21.5 Å². The average Bonchev–Trinajstić information content (AvgIpc) is 3.05. The summed E-state index contributed by atoms with van der Waals surface area (Å²) in [6.45, 7) is 0.586. The van der Waals surface area contributed by atoms with Gasteiger partial charge in [0.1, 0.15) is 5.82 Å². The predicted octanol–water partition coefficient (Wildman–Crippen LogP) is 3.12. The number of nitrogens with zero attached hydrogens (tertiary/aromatic N) is 1. The second-order valence-corrected chi connectivity index (χ2v) is 12.2. The van der Waals surface area contributed by atoms with Crippen LogP contribution in [-0.2, 0) is 25.8 Å². The van der Waals surface area contributed by atoms with Crippen LogP contribution in [0.25, 0.3) is 0 Å². The van der Waals surface area contributed by atoms with Crippen molar-refractivity contribution in [3.05, 3.63) is 35.1 Å².